The van der Waals surface area contributed by atoms with Crippen LogP contribution in [0.1, 0.15) is 25.7 Å². The molecule has 1 saturated carbocycles. The van der Waals surface area contributed by atoms with Gasteiger partial charge in [0.2, 0.25) is 0 Å². The fourth-order valence-corrected chi connectivity index (χ4v) is 1.63. The quantitative estimate of drug-likeness (QED) is 0.573. The Morgan fingerprint density at radius 3 is 2.40 bits per heavy atom. The molecule has 59 valence electrons. The fraction of sp³-hybridized carbons (Fsp3) is 0.889. The molecule has 1 fully saturated rings. The molecule has 0 saturated heterocycles. The van der Waals surface area contributed by atoms with E-state index in [0.717, 1.165) is 12.5 Å². The van der Waals surface area contributed by atoms with E-state index in [1.807, 2.05) is 0 Å². The maximum atomic E-state index is 5.10. The van der Waals surface area contributed by atoms with Gasteiger partial charge in [0, 0.05) is 13.7 Å². The first kappa shape index (κ1) is 8.06. The number of ether oxygens (including phenoxy) is 1. The van der Waals surface area contributed by atoms with Crippen LogP contribution in [-0.2, 0) is 4.74 Å². The van der Waals surface area contributed by atoms with Crippen LogP contribution in [0.4, 0.5) is 0 Å². The van der Waals surface area contributed by atoms with Crippen molar-refractivity contribution in [3.8, 4) is 0 Å². The number of rotatable bonds is 2. The minimum absolute atomic E-state index is 0.716. The standard InChI is InChI=1S/C9H17O/c1-8-3-5-9(6-4-8)7-10-2/h8-9H,1,3-7H2,2H3. The Kier molecular flexibility index (Phi) is 3.20. The minimum atomic E-state index is 0.716. The van der Waals surface area contributed by atoms with E-state index in [4.69, 9.17) is 4.74 Å². The molecule has 0 atom stereocenters. The van der Waals surface area contributed by atoms with Crippen LogP contribution >= 0.6 is 0 Å². The Morgan fingerprint density at radius 1 is 1.30 bits per heavy atom. The van der Waals surface area contributed by atoms with Gasteiger partial charge in [-0.25, -0.2) is 0 Å². The summed E-state index contributed by atoms with van der Waals surface area (Å²) in [5.41, 5.74) is 0. The summed E-state index contributed by atoms with van der Waals surface area (Å²) in [5, 5.41) is 0. The maximum Gasteiger partial charge on any atom is 0.0490 e. The molecule has 0 spiro atoms. The topological polar surface area (TPSA) is 9.23 Å². The van der Waals surface area contributed by atoms with Gasteiger partial charge in [0.15, 0.2) is 0 Å². The Bertz CT molecular complexity index is 82.7. The van der Waals surface area contributed by atoms with Crippen molar-refractivity contribution in [2.75, 3.05) is 13.7 Å². The second-order valence-corrected chi connectivity index (χ2v) is 3.34. The summed E-state index contributed by atoms with van der Waals surface area (Å²) in [6.45, 7) is 5.00. The molecule has 0 aromatic rings. The molecule has 0 aromatic carbocycles. The lowest BCUT2D eigenvalue weighted by Gasteiger charge is -2.25. The van der Waals surface area contributed by atoms with Crippen molar-refractivity contribution in [1.29, 1.82) is 0 Å². The summed E-state index contributed by atoms with van der Waals surface area (Å²) in [6.07, 6.45) is 5.24. The summed E-state index contributed by atoms with van der Waals surface area (Å²) in [4.78, 5) is 0. The van der Waals surface area contributed by atoms with Gasteiger partial charge in [0.1, 0.15) is 0 Å². The second kappa shape index (κ2) is 3.97. The molecule has 1 radical (unpaired) electrons. The van der Waals surface area contributed by atoms with Gasteiger partial charge in [-0.05, 0) is 24.7 Å². The first-order chi connectivity index (χ1) is 4.83. The molecule has 1 nitrogen and oxygen atoms in total. The van der Waals surface area contributed by atoms with Gasteiger partial charge in [-0.15, -0.1) is 0 Å². The van der Waals surface area contributed by atoms with E-state index in [2.05, 4.69) is 6.92 Å². The zero-order valence-corrected chi connectivity index (χ0v) is 6.81. The van der Waals surface area contributed by atoms with Crippen LogP contribution in [0, 0.1) is 18.8 Å². The third kappa shape index (κ3) is 2.30. The largest absolute Gasteiger partial charge is 0.384 e. The molecule has 1 heteroatoms. The summed E-state index contributed by atoms with van der Waals surface area (Å²) in [6, 6.07) is 0. The highest BCUT2D eigenvalue weighted by atomic mass is 16.5. The number of hydrogen-bond acceptors (Lipinski definition) is 1. The average molecular weight is 141 g/mol. The van der Waals surface area contributed by atoms with Gasteiger partial charge in [-0.3, -0.25) is 0 Å². The van der Waals surface area contributed by atoms with Crippen LogP contribution in [0.2, 0.25) is 0 Å². The third-order valence-corrected chi connectivity index (χ3v) is 2.37. The van der Waals surface area contributed by atoms with E-state index >= 15 is 0 Å². The smallest absolute Gasteiger partial charge is 0.0490 e. The van der Waals surface area contributed by atoms with E-state index in [0.29, 0.717) is 5.92 Å². The Morgan fingerprint density at radius 2 is 1.90 bits per heavy atom. The molecule has 0 N–H and O–H groups in total. The van der Waals surface area contributed by atoms with Crippen LogP contribution in [0.15, 0.2) is 0 Å². The van der Waals surface area contributed by atoms with Crippen molar-refractivity contribution in [3.63, 3.8) is 0 Å². The molecule has 0 aromatic heterocycles. The van der Waals surface area contributed by atoms with Crippen LogP contribution in [0.3, 0.4) is 0 Å². The van der Waals surface area contributed by atoms with E-state index in [-0.39, 0.29) is 0 Å². The van der Waals surface area contributed by atoms with Gasteiger partial charge < -0.3 is 4.74 Å². The lowest BCUT2D eigenvalue weighted by Crippen LogP contribution is -2.16. The van der Waals surface area contributed by atoms with Crippen molar-refractivity contribution < 1.29 is 4.74 Å². The van der Waals surface area contributed by atoms with Crippen LogP contribution in [0.25, 0.3) is 0 Å². The molecule has 0 unspecified atom stereocenters. The first-order valence-electron chi connectivity index (χ1n) is 4.15. The Balaban J connectivity index is 2.13. The van der Waals surface area contributed by atoms with Gasteiger partial charge in [0.25, 0.3) is 0 Å². The summed E-state index contributed by atoms with van der Waals surface area (Å²) in [5.74, 6) is 1.54. The van der Waals surface area contributed by atoms with Crippen LogP contribution in [0.5, 0.6) is 0 Å². The van der Waals surface area contributed by atoms with E-state index < -0.39 is 0 Å². The lowest BCUT2D eigenvalue weighted by atomic mass is 9.83. The maximum absolute atomic E-state index is 5.10. The van der Waals surface area contributed by atoms with E-state index in [9.17, 15) is 0 Å². The Labute approximate surface area is 63.8 Å². The van der Waals surface area contributed by atoms with Crippen molar-refractivity contribution in [3.05, 3.63) is 6.92 Å². The highest BCUT2D eigenvalue weighted by molar-refractivity contribution is 4.73. The SMILES string of the molecule is [CH2]C1CCC(COC)CC1. The summed E-state index contributed by atoms with van der Waals surface area (Å²) < 4.78 is 5.10. The lowest BCUT2D eigenvalue weighted by molar-refractivity contribution is 0.124. The van der Waals surface area contributed by atoms with Gasteiger partial charge >= 0.3 is 0 Å². The molecule has 1 aliphatic rings. The zero-order valence-electron chi connectivity index (χ0n) is 6.81. The highest BCUT2D eigenvalue weighted by Gasteiger charge is 2.17. The molecule has 1 rings (SSSR count). The zero-order chi connectivity index (χ0) is 7.40. The first-order valence-corrected chi connectivity index (χ1v) is 4.15. The van der Waals surface area contributed by atoms with Gasteiger partial charge in [0.05, 0.1) is 0 Å². The van der Waals surface area contributed by atoms with Crippen LogP contribution in [-0.4, -0.2) is 13.7 Å². The molecular formula is C9H17O. The predicted octanol–water partition coefficient (Wildman–Crippen LogP) is 2.27. The monoisotopic (exact) mass is 141 g/mol. The summed E-state index contributed by atoms with van der Waals surface area (Å²) in [7, 11) is 1.79. The third-order valence-electron chi connectivity index (χ3n) is 2.37. The summed E-state index contributed by atoms with van der Waals surface area (Å²) >= 11 is 0. The molecule has 1 aliphatic carbocycles. The van der Waals surface area contributed by atoms with Crippen molar-refractivity contribution in [1.82, 2.24) is 0 Å². The van der Waals surface area contributed by atoms with Gasteiger partial charge in [-0.2, -0.15) is 0 Å². The van der Waals surface area contributed by atoms with E-state index in [1.165, 1.54) is 25.7 Å². The molecular weight excluding hydrogens is 124 g/mol. The molecule has 0 amide bonds. The molecule has 10 heavy (non-hydrogen) atoms. The highest BCUT2D eigenvalue weighted by Crippen LogP contribution is 2.27. The van der Waals surface area contributed by atoms with Gasteiger partial charge in [-0.1, -0.05) is 19.8 Å². The Hall–Kier alpha value is -0.0400. The molecule has 0 heterocycles. The normalized spacial score (nSPS) is 34.2. The van der Waals surface area contributed by atoms with E-state index in [1.54, 1.807) is 7.11 Å². The van der Waals surface area contributed by atoms with Crippen LogP contribution < -0.4 is 0 Å². The van der Waals surface area contributed by atoms with Crippen molar-refractivity contribution in [2.24, 2.45) is 11.8 Å². The number of hydrogen-bond donors (Lipinski definition) is 0. The predicted molar refractivity (Wildman–Crippen MR) is 42.7 cm³/mol. The average Bonchev–Trinajstić information content (AvgIpc) is 1.95. The molecule has 0 aliphatic heterocycles. The fourth-order valence-electron chi connectivity index (χ4n) is 1.63. The van der Waals surface area contributed by atoms with Crippen molar-refractivity contribution in [2.45, 2.75) is 25.7 Å². The van der Waals surface area contributed by atoms with Crippen molar-refractivity contribution >= 4 is 0 Å². The number of methoxy groups -OCH3 is 1. The minimum Gasteiger partial charge on any atom is -0.384 e. The second-order valence-electron chi connectivity index (χ2n) is 3.34. The molecule has 0 bridgehead atoms.